The number of amides is 1. The molecule has 234 valence electrons. The van der Waals surface area contributed by atoms with E-state index in [1.54, 1.807) is 16.5 Å². The third-order valence-corrected chi connectivity index (χ3v) is 9.23. The normalized spacial score (nSPS) is 24.0. The number of piperazine rings is 1. The maximum absolute atomic E-state index is 14.2. The summed E-state index contributed by atoms with van der Waals surface area (Å²) in [5.74, 6) is -0.347. The zero-order chi connectivity index (χ0) is 31.2. The summed E-state index contributed by atoms with van der Waals surface area (Å²) < 4.78 is 22.1. The minimum Gasteiger partial charge on any atom is -0.379 e. The molecule has 2 aromatic heterocycles. The van der Waals surface area contributed by atoms with E-state index in [4.69, 9.17) is 4.74 Å². The van der Waals surface area contributed by atoms with Gasteiger partial charge >= 0.3 is 5.69 Å². The van der Waals surface area contributed by atoms with Gasteiger partial charge in [-0.2, -0.15) is 9.94 Å². The number of aromatic nitrogens is 3. The van der Waals surface area contributed by atoms with Crippen LogP contribution in [0.2, 0.25) is 0 Å². The molecule has 0 bridgehead atoms. The van der Waals surface area contributed by atoms with E-state index >= 15 is 0 Å². The molecular weight excluding hydrogens is 563 g/mol. The molecule has 11 nitrogen and oxygen atoms in total. The van der Waals surface area contributed by atoms with E-state index in [1.165, 1.54) is 16.8 Å². The Kier molecular flexibility index (Phi) is 8.32. The summed E-state index contributed by atoms with van der Waals surface area (Å²) in [6, 6.07) is 11.0. The number of ether oxygens (including phenoxy) is 1. The van der Waals surface area contributed by atoms with Gasteiger partial charge in [-0.3, -0.25) is 14.6 Å². The summed E-state index contributed by atoms with van der Waals surface area (Å²) in [4.78, 5) is 34.4. The molecule has 44 heavy (non-hydrogen) atoms. The Morgan fingerprint density at radius 2 is 2.00 bits per heavy atom. The molecule has 12 heteroatoms. The highest BCUT2D eigenvalue weighted by molar-refractivity contribution is 5.97. The molecule has 1 N–H and O–H groups in total. The van der Waals surface area contributed by atoms with Gasteiger partial charge in [-0.15, -0.1) is 5.10 Å². The van der Waals surface area contributed by atoms with Gasteiger partial charge < -0.3 is 15.0 Å². The predicted molar refractivity (Wildman–Crippen MR) is 164 cm³/mol. The number of benzene rings is 1. The van der Waals surface area contributed by atoms with E-state index < -0.39 is 11.1 Å². The van der Waals surface area contributed by atoms with Crippen molar-refractivity contribution >= 4 is 17.2 Å². The second kappa shape index (κ2) is 12.0. The lowest BCUT2D eigenvalue weighted by molar-refractivity contribution is -0.121. The van der Waals surface area contributed by atoms with Crippen LogP contribution in [0.5, 0.6) is 0 Å². The molecule has 3 aliphatic heterocycles. The van der Waals surface area contributed by atoms with Crippen LogP contribution in [0.25, 0.3) is 5.65 Å². The predicted octanol–water partition coefficient (Wildman–Crippen LogP) is 1.76. The number of anilines is 1. The van der Waals surface area contributed by atoms with Crippen LogP contribution < -0.4 is 15.9 Å². The number of morpholine rings is 1. The van der Waals surface area contributed by atoms with Crippen molar-refractivity contribution in [3.05, 3.63) is 63.5 Å². The standard InChI is InChI=1S/C32H41FN8O3/c1-21-16-38(26(15-35-21)17-37-11-12-44-19-22(37)2)18-28(42)39-20-32(3,4)29-27(39)14-24(13-23-5-7-25(33)8-6-23)30-36-40(10-9-34)31(43)41(29)30/h5-8,14,21-22,26,35H,10-13,15-20H2,1-4H3/t21-,22-,26-/m1/s1. The molecule has 3 aromatic rings. The summed E-state index contributed by atoms with van der Waals surface area (Å²) in [6.07, 6.45) is 0.387. The van der Waals surface area contributed by atoms with Gasteiger partial charge in [0, 0.05) is 68.2 Å². The fraction of sp³-hybridized carbons (Fsp3) is 0.562. The zero-order valence-electron chi connectivity index (χ0n) is 25.9. The van der Waals surface area contributed by atoms with E-state index in [2.05, 4.69) is 34.1 Å². The van der Waals surface area contributed by atoms with Crippen LogP contribution in [0.1, 0.15) is 44.5 Å². The first kappa shape index (κ1) is 30.4. The fourth-order valence-electron chi connectivity index (χ4n) is 6.95. The van der Waals surface area contributed by atoms with Crippen molar-refractivity contribution < 1.29 is 13.9 Å². The first-order valence-corrected chi connectivity index (χ1v) is 15.4. The number of carbonyl (C=O) groups is 1. The quantitative estimate of drug-likeness (QED) is 0.435. The second-order valence-electron chi connectivity index (χ2n) is 13.1. The summed E-state index contributed by atoms with van der Waals surface area (Å²) in [7, 11) is 0. The number of fused-ring (bicyclic) bond motifs is 3. The highest BCUT2D eigenvalue weighted by atomic mass is 19.1. The largest absolute Gasteiger partial charge is 0.379 e. The van der Waals surface area contributed by atoms with E-state index in [9.17, 15) is 19.2 Å². The lowest BCUT2D eigenvalue weighted by Crippen LogP contribution is -2.62. The van der Waals surface area contributed by atoms with Gasteiger partial charge in [-0.1, -0.05) is 26.0 Å². The SMILES string of the molecule is C[C@@H]1CN(CC(=O)N2CC(C)(C)c3c2cc(Cc2ccc(F)cc2)c2nn(CC#N)c(=O)n32)[C@@H](CN2CCOC[C@H]2C)CN1. The minimum absolute atomic E-state index is 0.0181. The van der Waals surface area contributed by atoms with Crippen LogP contribution in [-0.2, 0) is 27.9 Å². The van der Waals surface area contributed by atoms with Gasteiger partial charge in [0.2, 0.25) is 5.91 Å². The molecule has 2 fully saturated rings. The molecule has 3 atom stereocenters. The minimum atomic E-state index is -0.540. The Hall–Kier alpha value is -3.63. The average molecular weight is 605 g/mol. The third-order valence-electron chi connectivity index (χ3n) is 9.23. The van der Waals surface area contributed by atoms with Gasteiger partial charge in [-0.25, -0.2) is 13.6 Å². The number of hydrogen-bond donors (Lipinski definition) is 1. The van der Waals surface area contributed by atoms with Gasteiger partial charge in [0.15, 0.2) is 5.65 Å². The van der Waals surface area contributed by atoms with Gasteiger partial charge in [-0.05, 0) is 37.6 Å². The number of rotatable bonds is 7. The average Bonchev–Trinajstić information content (AvgIpc) is 3.45. The van der Waals surface area contributed by atoms with E-state index in [-0.39, 0.29) is 36.9 Å². The molecular formula is C32H41FN8O3. The van der Waals surface area contributed by atoms with Gasteiger partial charge in [0.1, 0.15) is 12.4 Å². The Bertz CT molecular complexity index is 1640. The van der Waals surface area contributed by atoms with Gasteiger partial charge in [0.25, 0.3) is 0 Å². The van der Waals surface area contributed by atoms with Crippen LogP contribution in [-0.4, -0.2) is 100 Å². The van der Waals surface area contributed by atoms with Crippen LogP contribution in [0.4, 0.5) is 10.1 Å². The Morgan fingerprint density at radius 3 is 2.73 bits per heavy atom. The highest BCUT2D eigenvalue weighted by Crippen LogP contribution is 2.42. The smallest absolute Gasteiger partial charge is 0.351 e. The molecule has 0 radical (unpaired) electrons. The summed E-state index contributed by atoms with van der Waals surface area (Å²) in [5.41, 5.74) is 2.48. The van der Waals surface area contributed by atoms with Crippen molar-refractivity contribution in [2.75, 3.05) is 57.4 Å². The number of hydrogen-bond acceptors (Lipinski definition) is 8. The summed E-state index contributed by atoms with van der Waals surface area (Å²) in [5, 5.41) is 17.5. The molecule has 1 aromatic carbocycles. The Morgan fingerprint density at radius 1 is 1.23 bits per heavy atom. The van der Waals surface area contributed by atoms with Crippen molar-refractivity contribution in [2.45, 2.75) is 64.2 Å². The zero-order valence-corrected chi connectivity index (χ0v) is 25.9. The lowest BCUT2D eigenvalue weighted by Gasteiger charge is -2.43. The molecule has 0 saturated carbocycles. The van der Waals surface area contributed by atoms with E-state index in [1.807, 2.05) is 30.9 Å². The number of nitrogens with one attached hydrogen (secondary N) is 1. The summed E-state index contributed by atoms with van der Waals surface area (Å²) in [6.45, 7) is 13.6. The summed E-state index contributed by atoms with van der Waals surface area (Å²) >= 11 is 0. The second-order valence-corrected chi connectivity index (χ2v) is 13.1. The van der Waals surface area contributed by atoms with Crippen LogP contribution in [0, 0.1) is 17.1 Å². The molecule has 5 heterocycles. The molecule has 2 saturated heterocycles. The van der Waals surface area contributed by atoms with Crippen molar-refractivity contribution in [1.82, 2.24) is 29.3 Å². The Balaban J connectivity index is 1.36. The van der Waals surface area contributed by atoms with E-state index in [0.29, 0.717) is 42.6 Å². The number of nitrogens with zero attached hydrogens (tertiary/aromatic N) is 7. The number of carbonyl (C=O) groups excluding carboxylic acids is 1. The molecule has 3 aliphatic rings. The molecule has 6 rings (SSSR count). The van der Waals surface area contributed by atoms with Crippen molar-refractivity contribution in [2.24, 2.45) is 0 Å². The number of halogens is 1. The van der Waals surface area contributed by atoms with Gasteiger partial charge in [0.05, 0.1) is 37.2 Å². The molecule has 0 spiro atoms. The molecule has 0 unspecified atom stereocenters. The third kappa shape index (κ3) is 5.77. The molecule has 0 aliphatic carbocycles. The first-order chi connectivity index (χ1) is 21.1. The van der Waals surface area contributed by atoms with Crippen molar-refractivity contribution in [1.29, 1.82) is 5.26 Å². The lowest BCUT2D eigenvalue weighted by atomic mass is 9.90. The Labute approximate surface area is 256 Å². The fourth-order valence-corrected chi connectivity index (χ4v) is 6.95. The highest BCUT2D eigenvalue weighted by Gasteiger charge is 2.43. The van der Waals surface area contributed by atoms with Crippen LogP contribution in [0.3, 0.4) is 0 Å². The van der Waals surface area contributed by atoms with Crippen molar-refractivity contribution in [3.8, 4) is 6.07 Å². The first-order valence-electron chi connectivity index (χ1n) is 15.4. The topological polar surface area (TPSA) is 111 Å². The number of nitriles is 1. The maximum Gasteiger partial charge on any atom is 0.351 e. The number of pyridine rings is 1. The van der Waals surface area contributed by atoms with Crippen LogP contribution in [0.15, 0.2) is 35.1 Å². The molecule has 1 amide bonds. The van der Waals surface area contributed by atoms with Crippen LogP contribution >= 0.6 is 0 Å². The van der Waals surface area contributed by atoms with Crippen molar-refractivity contribution in [3.63, 3.8) is 0 Å². The van der Waals surface area contributed by atoms with E-state index in [0.717, 1.165) is 43.9 Å². The maximum atomic E-state index is 14.2. The monoisotopic (exact) mass is 604 g/mol.